The van der Waals surface area contributed by atoms with Gasteiger partial charge in [-0.05, 0) is 56.4 Å². The van der Waals surface area contributed by atoms with Gasteiger partial charge in [0.05, 0.1) is 6.61 Å². The van der Waals surface area contributed by atoms with E-state index in [1.165, 1.54) is 5.56 Å². The third kappa shape index (κ3) is 10.2. The molecule has 0 amide bonds. The van der Waals surface area contributed by atoms with Crippen LogP contribution in [0.1, 0.15) is 82.3 Å². The molecule has 146 valence electrons. The Morgan fingerprint density at radius 2 is 1.42 bits per heavy atom. The van der Waals surface area contributed by atoms with Crippen LogP contribution in [0.15, 0.2) is 18.2 Å². The van der Waals surface area contributed by atoms with Crippen LogP contribution >= 0.6 is 0 Å². The summed E-state index contributed by atoms with van der Waals surface area (Å²) in [6.07, 6.45) is 8.93. The summed E-state index contributed by atoms with van der Waals surface area (Å²) in [6, 6.07) is 5.71. The van der Waals surface area contributed by atoms with E-state index in [1.54, 1.807) is 0 Å². The van der Waals surface area contributed by atoms with Gasteiger partial charge in [-0.3, -0.25) is 9.59 Å². The lowest BCUT2D eigenvalue weighted by atomic mass is 10.1. The average molecular weight is 363 g/mol. The second kappa shape index (κ2) is 13.4. The van der Waals surface area contributed by atoms with Gasteiger partial charge in [0.25, 0.3) is 0 Å². The molecule has 0 radical (unpaired) electrons. The van der Waals surface area contributed by atoms with E-state index in [0.717, 1.165) is 56.9 Å². The lowest BCUT2D eigenvalue weighted by molar-refractivity contribution is -0.144. The van der Waals surface area contributed by atoms with Gasteiger partial charge in [-0.15, -0.1) is 0 Å². The van der Waals surface area contributed by atoms with Gasteiger partial charge in [-0.2, -0.15) is 0 Å². The van der Waals surface area contributed by atoms with Gasteiger partial charge < -0.3 is 9.47 Å². The van der Waals surface area contributed by atoms with Crippen molar-refractivity contribution in [3.05, 3.63) is 29.3 Å². The molecule has 1 aromatic rings. The Bertz CT molecular complexity index is 551. The molecule has 4 heteroatoms. The van der Waals surface area contributed by atoms with Crippen molar-refractivity contribution < 1.29 is 19.1 Å². The molecule has 0 saturated carbocycles. The molecule has 0 N–H and O–H groups in total. The molecule has 0 unspecified atom stereocenters. The zero-order valence-corrected chi connectivity index (χ0v) is 16.6. The lowest BCUT2D eigenvalue weighted by Gasteiger charge is -2.07. The molecule has 0 bridgehead atoms. The number of benzene rings is 1. The minimum atomic E-state index is -0.164. The van der Waals surface area contributed by atoms with Crippen LogP contribution in [0, 0.1) is 13.8 Å². The molecule has 0 aromatic heterocycles. The first-order valence-electron chi connectivity index (χ1n) is 9.96. The summed E-state index contributed by atoms with van der Waals surface area (Å²) >= 11 is 0. The highest BCUT2D eigenvalue weighted by molar-refractivity contribution is 5.72. The fraction of sp³-hybridized carbons (Fsp3) is 0.636. The van der Waals surface area contributed by atoms with Crippen molar-refractivity contribution in [3.8, 4) is 5.75 Å². The molecule has 0 aliphatic carbocycles. The molecule has 0 aliphatic heterocycles. The summed E-state index contributed by atoms with van der Waals surface area (Å²) in [5.74, 6) is 0.388. The highest BCUT2D eigenvalue weighted by Crippen LogP contribution is 2.17. The Morgan fingerprint density at radius 1 is 0.808 bits per heavy atom. The van der Waals surface area contributed by atoms with Crippen molar-refractivity contribution in [2.24, 2.45) is 0 Å². The van der Waals surface area contributed by atoms with Gasteiger partial charge in [0.2, 0.25) is 0 Å². The molecule has 0 saturated heterocycles. The minimum Gasteiger partial charge on any atom is -0.466 e. The Morgan fingerprint density at radius 3 is 2.04 bits per heavy atom. The Hall–Kier alpha value is -1.84. The number of hydrogen-bond acceptors (Lipinski definition) is 4. The average Bonchev–Trinajstić information content (AvgIpc) is 2.60. The molecule has 0 aliphatic rings. The number of carbonyl (C=O) groups is 2. The number of carbonyl (C=O) groups excluding carboxylic acids is 2. The predicted molar refractivity (Wildman–Crippen MR) is 104 cm³/mol. The maximum absolute atomic E-state index is 11.9. The summed E-state index contributed by atoms with van der Waals surface area (Å²) in [4.78, 5) is 23.3. The fourth-order valence-corrected chi connectivity index (χ4v) is 2.61. The fourth-order valence-electron chi connectivity index (χ4n) is 2.61. The molecule has 0 spiro atoms. The first-order valence-corrected chi connectivity index (χ1v) is 9.96. The summed E-state index contributed by atoms with van der Waals surface area (Å²) in [5.41, 5.74) is 2.32. The Labute approximate surface area is 158 Å². The number of unbranched alkanes of at least 4 members (excludes halogenated alkanes) is 6. The van der Waals surface area contributed by atoms with Gasteiger partial charge in [0.15, 0.2) is 0 Å². The van der Waals surface area contributed by atoms with Crippen LogP contribution in [0.4, 0.5) is 0 Å². The predicted octanol–water partition coefficient (Wildman–Crippen LogP) is 5.67. The van der Waals surface area contributed by atoms with Crippen LogP contribution in [0.3, 0.4) is 0 Å². The molecule has 26 heavy (non-hydrogen) atoms. The second-order valence-electron chi connectivity index (χ2n) is 6.92. The van der Waals surface area contributed by atoms with Crippen LogP contribution < -0.4 is 4.74 Å². The van der Waals surface area contributed by atoms with Crippen LogP contribution in [-0.2, 0) is 14.3 Å². The van der Waals surface area contributed by atoms with Gasteiger partial charge in [0.1, 0.15) is 5.75 Å². The monoisotopic (exact) mass is 362 g/mol. The van der Waals surface area contributed by atoms with E-state index in [2.05, 4.69) is 6.92 Å². The van der Waals surface area contributed by atoms with Crippen molar-refractivity contribution in [3.63, 3.8) is 0 Å². The number of aryl methyl sites for hydroxylation is 2. The molecule has 0 fully saturated rings. The summed E-state index contributed by atoms with van der Waals surface area (Å²) in [7, 11) is 0. The number of ether oxygens (including phenoxy) is 2. The van der Waals surface area contributed by atoms with Crippen molar-refractivity contribution in [1.82, 2.24) is 0 Å². The minimum absolute atomic E-state index is 0.0764. The molecule has 0 heterocycles. The summed E-state index contributed by atoms with van der Waals surface area (Å²) in [6.45, 7) is 6.68. The number of esters is 2. The first kappa shape index (κ1) is 22.2. The maximum Gasteiger partial charge on any atom is 0.311 e. The molecule has 1 rings (SSSR count). The quantitative estimate of drug-likeness (QED) is 0.258. The van der Waals surface area contributed by atoms with E-state index in [-0.39, 0.29) is 11.9 Å². The van der Waals surface area contributed by atoms with Crippen LogP contribution in [0.25, 0.3) is 0 Å². The third-order valence-electron chi connectivity index (χ3n) is 4.48. The van der Waals surface area contributed by atoms with Gasteiger partial charge in [0, 0.05) is 12.8 Å². The normalized spacial score (nSPS) is 10.6. The lowest BCUT2D eigenvalue weighted by Crippen LogP contribution is -2.07. The van der Waals surface area contributed by atoms with Crippen molar-refractivity contribution >= 4 is 11.9 Å². The van der Waals surface area contributed by atoms with E-state index in [4.69, 9.17) is 9.47 Å². The SMILES string of the molecule is CCCCOC(=O)CCCCCCCCC(=O)Oc1ccc(C)c(C)c1. The van der Waals surface area contributed by atoms with Crippen LogP contribution in [0.2, 0.25) is 0 Å². The molecule has 1 aromatic carbocycles. The molecule has 0 atom stereocenters. The number of hydrogen-bond donors (Lipinski definition) is 0. The van der Waals surface area contributed by atoms with Gasteiger partial charge in [-0.25, -0.2) is 0 Å². The van der Waals surface area contributed by atoms with E-state index in [9.17, 15) is 9.59 Å². The van der Waals surface area contributed by atoms with Crippen molar-refractivity contribution in [1.29, 1.82) is 0 Å². The van der Waals surface area contributed by atoms with Crippen molar-refractivity contribution in [2.45, 2.75) is 85.0 Å². The van der Waals surface area contributed by atoms with E-state index in [0.29, 0.717) is 25.2 Å². The van der Waals surface area contributed by atoms with Crippen LogP contribution in [-0.4, -0.2) is 18.5 Å². The van der Waals surface area contributed by atoms with E-state index < -0.39 is 0 Å². The van der Waals surface area contributed by atoms with Crippen molar-refractivity contribution in [2.75, 3.05) is 6.61 Å². The van der Waals surface area contributed by atoms with Gasteiger partial charge >= 0.3 is 11.9 Å². The number of rotatable bonds is 13. The van der Waals surface area contributed by atoms with Gasteiger partial charge in [-0.1, -0.05) is 45.1 Å². The summed E-state index contributed by atoms with van der Waals surface area (Å²) in [5, 5.41) is 0. The topological polar surface area (TPSA) is 52.6 Å². The molecule has 4 nitrogen and oxygen atoms in total. The zero-order chi connectivity index (χ0) is 19.2. The summed E-state index contributed by atoms with van der Waals surface area (Å²) < 4.78 is 10.5. The van der Waals surface area contributed by atoms with Crippen LogP contribution in [0.5, 0.6) is 5.75 Å². The largest absolute Gasteiger partial charge is 0.466 e. The highest BCUT2D eigenvalue weighted by Gasteiger charge is 2.06. The second-order valence-corrected chi connectivity index (χ2v) is 6.92. The van der Waals surface area contributed by atoms with E-state index >= 15 is 0 Å². The molecular formula is C22H34O4. The zero-order valence-electron chi connectivity index (χ0n) is 16.6. The Kier molecular flexibility index (Phi) is 11.4. The Balaban J connectivity index is 1.99. The first-order chi connectivity index (χ1) is 12.5. The van der Waals surface area contributed by atoms with E-state index in [1.807, 2.05) is 32.0 Å². The smallest absolute Gasteiger partial charge is 0.311 e. The standard InChI is InChI=1S/C22H34O4/c1-4-5-16-25-21(23)12-10-8-6-7-9-11-13-22(24)26-20-15-14-18(2)19(3)17-20/h14-15,17H,4-13,16H2,1-3H3. The highest BCUT2D eigenvalue weighted by atomic mass is 16.5. The molecular weight excluding hydrogens is 328 g/mol. The third-order valence-corrected chi connectivity index (χ3v) is 4.48. The maximum atomic E-state index is 11.9.